The lowest BCUT2D eigenvalue weighted by molar-refractivity contribution is 0.549. The first-order valence-corrected chi connectivity index (χ1v) is 10.1. The first kappa shape index (κ1) is 18.0. The number of aromatic nitrogens is 2. The fourth-order valence-electron chi connectivity index (χ4n) is 3.33. The van der Waals surface area contributed by atoms with E-state index in [9.17, 15) is 4.79 Å². The Morgan fingerprint density at radius 1 is 1.26 bits per heavy atom. The van der Waals surface area contributed by atoms with E-state index in [1.807, 2.05) is 24.3 Å². The molecule has 1 aromatic carbocycles. The van der Waals surface area contributed by atoms with Crippen LogP contribution in [-0.2, 0) is 6.42 Å². The van der Waals surface area contributed by atoms with E-state index < -0.39 is 0 Å². The van der Waals surface area contributed by atoms with Gasteiger partial charge in [-0.2, -0.15) is 9.78 Å². The van der Waals surface area contributed by atoms with E-state index in [-0.39, 0.29) is 5.56 Å². The van der Waals surface area contributed by atoms with Gasteiger partial charge in [-0.25, -0.2) is 4.98 Å². The van der Waals surface area contributed by atoms with Crippen LogP contribution in [0.2, 0.25) is 0 Å². The Hall–Kier alpha value is -2.41. The molecule has 1 aliphatic heterocycles. The van der Waals surface area contributed by atoms with E-state index in [0.717, 1.165) is 29.9 Å². The van der Waals surface area contributed by atoms with Crippen LogP contribution in [0.3, 0.4) is 0 Å². The maximum absolute atomic E-state index is 13.0. The summed E-state index contributed by atoms with van der Waals surface area (Å²) in [5.41, 5.74) is 0.514. The van der Waals surface area contributed by atoms with Crippen molar-refractivity contribution in [3.05, 3.63) is 56.7 Å². The topological polar surface area (TPSA) is 63.6 Å². The van der Waals surface area contributed by atoms with Crippen LogP contribution in [0.25, 0.3) is 10.9 Å². The largest absolute Gasteiger partial charge is 0.440 e. The van der Waals surface area contributed by atoms with Crippen LogP contribution in [0.15, 0.2) is 49.1 Å². The second-order valence-corrected chi connectivity index (χ2v) is 7.59. The van der Waals surface area contributed by atoms with Crippen molar-refractivity contribution >= 4 is 38.9 Å². The highest BCUT2D eigenvalue weighted by molar-refractivity contribution is 9.10. The molecule has 140 valence electrons. The average Bonchev–Trinajstić information content (AvgIpc) is 3.34. The second kappa shape index (κ2) is 7.68. The fraction of sp³-hybridized carbons (Fsp3) is 0.350. The van der Waals surface area contributed by atoms with Crippen LogP contribution >= 0.6 is 15.9 Å². The van der Waals surface area contributed by atoms with Gasteiger partial charge >= 0.3 is 0 Å². The minimum atomic E-state index is -0.174. The number of furan rings is 1. The summed E-state index contributed by atoms with van der Waals surface area (Å²) in [6.45, 7) is 4.10. The van der Waals surface area contributed by atoms with E-state index in [1.165, 1.54) is 17.5 Å². The van der Waals surface area contributed by atoms with Gasteiger partial charge in [0.25, 0.3) is 5.56 Å². The van der Waals surface area contributed by atoms with E-state index in [0.29, 0.717) is 28.9 Å². The molecule has 0 saturated carbocycles. The molecule has 7 heteroatoms. The van der Waals surface area contributed by atoms with Crippen molar-refractivity contribution in [3.63, 3.8) is 0 Å². The number of aryl methyl sites for hydroxylation is 1. The lowest BCUT2D eigenvalue weighted by Gasteiger charge is -2.12. The molecule has 0 aliphatic carbocycles. The molecular formula is C20H21BrN4O2. The molecule has 0 N–H and O–H groups in total. The van der Waals surface area contributed by atoms with Crippen molar-refractivity contribution in [2.75, 3.05) is 18.0 Å². The maximum atomic E-state index is 13.0. The summed E-state index contributed by atoms with van der Waals surface area (Å²) in [7, 11) is 0. The Bertz CT molecular complexity index is 1050. The molecule has 3 aromatic rings. The predicted octanol–water partition coefficient (Wildman–Crippen LogP) is 4.19. The van der Waals surface area contributed by atoms with Gasteiger partial charge < -0.3 is 9.32 Å². The number of hydrogen-bond donors (Lipinski definition) is 0. The summed E-state index contributed by atoms with van der Waals surface area (Å²) in [6.07, 6.45) is 5.53. The highest BCUT2D eigenvalue weighted by Gasteiger charge is 2.15. The molecule has 1 fully saturated rings. The van der Waals surface area contributed by atoms with Crippen molar-refractivity contribution in [2.24, 2.45) is 5.10 Å². The van der Waals surface area contributed by atoms with Gasteiger partial charge in [-0.05, 0) is 43.5 Å². The van der Waals surface area contributed by atoms with Gasteiger partial charge in [0.15, 0.2) is 5.88 Å². The zero-order chi connectivity index (χ0) is 18.8. The van der Waals surface area contributed by atoms with E-state index in [4.69, 9.17) is 4.42 Å². The number of halogens is 1. The van der Waals surface area contributed by atoms with E-state index in [1.54, 1.807) is 12.3 Å². The first-order valence-electron chi connectivity index (χ1n) is 9.26. The molecule has 27 heavy (non-hydrogen) atoms. The lowest BCUT2D eigenvalue weighted by Crippen LogP contribution is -2.22. The van der Waals surface area contributed by atoms with Crippen molar-refractivity contribution < 1.29 is 4.42 Å². The molecular weight excluding hydrogens is 408 g/mol. The number of rotatable bonds is 5. The third-order valence-electron chi connectivity index (χ3n) is 4.68. The van der Waals surface area contributed by atoms with Crippen molar-refractivity contribution in [2.45, 2.75) is 32.6 Å². The Morgan fingerprint density at radius 3 is 2.85 bits per heavy atom. The molecule has 0 radical (unpaired) electrons. The number of benzene rings is 1. The Kier molecular flexibility index (Phi) is 5.11. The molecule has 3 heterocycles. The van der Waals surface area contributed by atoms with Gasteiger partial charge in [-0.1, -0.05) is 22.9 Å². The van der Waals surface area contributed by atoms with E-state index in [2.05, 4.69) is 37.8 Å². The number of nitrogens with zero attached hydrogens (tertiary/aromatic N) is 4. The standard InChI is InChI=1S/C20H21BrN4O2/c1-2-5-18-23-17-8-6-14(21)12-16(17)20(26)25(18)22-13-15-7-9-19(27-15)24-10-3-4-11-24/h6-9,12-13H,2-5,10-11H2,1H3. The molecule has 4 rings (SSSR count). The number of anilines is 1. The number of fused-ring (bicyclic) bond motifs is 1. The van der Waals surface area contributed by atoms with Crippen molar-refractivity contribution in [1.29, 1.82) is 0 Å². The Labute approximate surface area is 165 Å². The highest BCUT2D eigenvalue weighted by Crippen LogP contribution is 2.22. The predicted molar refractivity (Wildman–Crippen MR) is 111 cm³/mol. The normalized spacial score (nSPS) is 14.7. The van der Waals surface area contributed by atoms with Crippen LogP contribution in [0.1, 0.15) is 37.8 Å². The van der Waals surface area contributed by atoms with Crippen LogP contribution < -0.4 is 10.5 Å². The molecule has 2 aromatic heterocycles. The SMILES string of the molecule is CCCc1nc2ccc(Br)cc2c(=O)n1N=Cc1ccc(N2CCCC2)o1. The molecule has 0 amide bonds. The Morgan fingerprint density at radius 2 is 2.07 bits per heavy atom. The summed E-state index contributed by atoms with van der Waals surface area (Å²) in [4.78, 5) is 19.8. The first-order chi connectivity index (χ1) is 13.2. The summed E-state index contributed by atoms with van der Waals surface area (Å²) in [5, 5.41) is 4.94. The molecule has 6 nitrogen and oxygen atoms in total. The van der Waals surface area contributed by atoms with Crippen LogP contribution in [0.4, 0.5) is 5.88 Å². The summed E-state index contributed by atoms with van der Waals surface area (Å²) >= 11 is 3.42. The minimum Gasteiger partial charge on any atom is -0.440 e. The fourth-order valence-corrected chi connectivity index (χ4v) is 3.69. The van der Waals surface area contributed by atoms with E-state index >= 15 is 0 Å². The van der Waals surface area contributed by atoms with Crippen LogP contribution in [-0.4, -0.2) is 29.0 Å². The highest BCUT2D eigenvalue weighted by atomic mass is 79.9. The zero-order valence-corrected chi connectivity index (χ0v) is 16.8. The number of hydrogen-bond acceptors (Lipinski definition) is 5. The molecule has 0 atom stereocenters. The smallest absolute Gasteiger partial charge is 0.282 e. The van der Waals surface area contributed by atoms with Gasteiger partial charge in [0.05, 0.1) is 17.1 Å². The van der Waals surface area contributed by atoms with Gasteiger partial charge in [-0.15, -0.1) is 0 Å². The minimum absolute atomic E-state index is 0.174. The molecule has 0 bridgehead atoms. The quantitative estimate of drug-likeness (QED) is 0.571. The van der Waals surface area contributed by atoms with Crippen LogP contribution in [0, 0.1) is 0 Å². The zero-order valence-electron chi connectivity index (χ0n) is 15.2. The average molecular weight is 429 g/mol. The third kappa shape index (κ3) is 3.69. The monoisotopic (exact) mass is 428 g/mol. The van der Waals surface area contributed by atoms with Gasteiger partial charge in [0, 0.05) is 30.0 Å². The summed E-state index contributed by atoms with van der Waals surface area (Å²) in [6, 6.07) is 9.36. The summed E-state index contributed by atoms with van der Waals surface area (Å²) in [5.74, 6) is 2.14. The molecule has 0 unspecified atom stereocenters. The van der Waals surface area contributed by atoms with Gasteiger partial charge in [-0.3, -0.25) is 4.79 Å². The van der Waals surface area contributed by atoms with Crippen molar-refractivity contribution in [3.8, 4) is 0 Å². The summed E-state index contributed by atoms with van der Waals surface area (Å²) < 4.78 is 8.10. The van der Waals surface area contributed by atoms with Crippen molar-refractivity contribution in [1.82, 2.24) is 9.66 Å². The van der Waals surface area contributed by atoms with Gasteiger partial charge in [0.2, 0.25) is 0 Å². The third-order valence-corrected chi connectivity index (χ3v) is 5.17. The molecule has 0 spiro atoms. The molecule has 1 aliphatic rings. The maximum Gasteiger partial charge on any atom is 0.282 e. The Balaban J connectivity index is 1.71. The lowest BCUT2D eigenvalue weighted by atomic mass is 10.2. The van der Waals surface area contributed by atoms with Gasteiger partial charge in [0.1, 0.15) is 11.6 Å². The molecule has 1 saturated heterocycles. The second-order valence-electron chi connectivity index (χ2n) is 6.67. The van der Waals surface area contributed by atoms with Crippen LogP contribution in [0.5, 0.6) is 0 Å².